The van der Waals surface area contributed by atoms with Gasteiger partial charge in [-0.3, -0.25) is 9.59 Å². The van der Waals surface area contributed by atoms with E-state index in [0.717, 1.165) is 17.7 Å². The molecule has 2 aromatic carbocycles. The molecule has 2 amide bonds. The molecule has 24 heavy (non-hydrogen) atoms. The normalized spacial score (nSPS) is 14.2. The number of aryl methyl sites for hydroxylation is 1. The lowest BCUT2D eigenvalue weighted by Crippen LogP contribution is -2.54. The zero-order valence-electron chi connectivity index (χ0n) is 13.1. The van der Waals surface area contributed by atoms with Crippen LogP contribution in [-0.2, 0) is 4.79 Å². The maximum Gasteiger partial charge on any atom is 0.254 e. The average molecular weight is 330 g/mol. The Bertz CT molecular complexity index is 801. The summed E-state index contributed by atoms with van der Waals surface area (Å²) in [6, 6.07) is 10.5. The number of amides is 2. The Morgan fingerprint density at radius 3 is 2.50 bits per heavy atom. The molecule has 0 saturated carbocycles. The van der Waals surface area contributed by atoms with E-state index in [4.69, 9.17) is 0 Å². The van der Waals surface area contributed by atoms with Gasteiger partial charge in [-0.15, -0.1) is 0 Å². The van der Waals surface area contributed by atoms with E-state index in [2.05, 4.69) is 5.32 Å². The first-order valence-corrected chi connectivity index (χ1v) is 7.56. The van der Waals surface area contributed by atoms with Crippen molar-refractivity contribution in [3.05, 3.63) is 65.2 Å². The topological polar surface area (TPSA) is 49.4 Å². The Labute approximate surface area is 138 Å². The SMILES string of the molecule is Cc1cccc(NC(=O)C2CN(C(=O)c3ccc(F)c(F)c3)C2)c1. The summed E-state index contributed by atoms with van der Waals surface area (Å²) >= 11 is 0. The second kappa shape index (κ2) is 6.39. The van der Waals surface area contributed by atoms with E-state index >= 15 is 0 Å². The van der Waals surface area contributed by atoms with Crippen LogP contribution in [0, 0.1) is 24.5 Å². The molecule has 0 aliphatic carbocycles. The third kappa shape index (κ3) is 3.27. The fourth-order valence-electron chi connectivity index (χ4n) is 2.59. The summed E-state index contributed by atoms with van der Waals surface area (Å²) in [6.45, 7) is 2.45. The maximum atomic E-state index is 13.2. The molecule has 1 aliphatic rings. The van der Waals surface area contributed by atoms with E-state index in [0.29, 0.717) is 5.69 Å². The lowest BCUT2D eigenvalue weighted by Gasteiger charge is -2.38. The predicted molar refractivity (Wildman–Crippen MR) is 85.6 cm³/mol. The van der Waals surface area contributed by atoms with E-state index < -0.39 is 17.5 Å². The van der Waals surface area contributed by atoms with Gasteiger partial charge in [0.15, 0.2) is 11.6 Å². The molecule has 4 nitrogen and oxygen atoms in total. The van der Waals surface area contributed by atoms with E-state index in [1.807, 2.05) is 25.1 Å². The van der Waals surface area contributed by atoms with E-state index in [1.165, 1.54) is 11.0 Å². The fraction of sp³-hybridized carbons (Fsp3) is 0.222. The number of halogens is 2. The number of likely N-dealkylation sites (tertiary alicyclic amines) is 1. The molecule has 1 fully saturated rings. The van der Waals surface area contributed by atoms with Gasteiger partial charge in [0.05, 0.1) is 5.92 Å². The highest BCUT2D eigenvalue weighted by Gasteiger charge is 2.36. The largest absolute Gasteiger partial charge is 0.337 e. The molecule has 0 radical (unpaired) electrons. The Hall–Kier alpha value is -2.76. The molecule has 0 spiro atoms. The summed E-state index contributed by atoms with van der Waals surface area (Å²) in [6.07, 6.45) is 0. The Kier molecular flexibility index (Phi) is 4.29. The van der Waals surface area contributed by atoms with Crippen molar-refractivity contribution in [3.8, 4) is 0 Å². The van der Waals surface area contributed by atoms with Gasteiger partial charge in [0.2, 0.25) is 5.91 Å². The fourth-order valence-corrected chi connectivity index (χ4v) is 2.59. The molecule has 1 aliphatic heterocycles. The second-order valence-electron chi connectivity index (χ2n) is 5.89. The summed E-state index contributed by atoms with van der Waals surface area (Å²) in [5, 5.41) is 2.81. The van der Waals surface area contributed by atoms with Gasteiger partial charge in [0.1, 0.15) is 0 Å². The zero-order chi connectivity index (χ0) is 17.3. The maximum absolute atomic E-state index is 13.2. The highest BCUT2D eigenvalue weighted by Crippen LogP contribution is 2.21. The van der Waals surface area contributed by atoms with Crippen molar-refractivity contribution in [1.29, 1.82) is 0 Å². The molecule has 0 aromatic heterocycles. The van der Waals surface area contributed by atoms with Gasteiger partial charge < -0.3 is 10.2 Å². The number of benzene rings is 2. The van der Waals surface area contributed by atoms with Crippen LogP contribution in [0.1, 0.15) is 15.9 Å². The summed E-state index contributed by atoms with van der Waals surface area (Å²) in [7, 11) is 0. The molecule has 1 saturated heterocycles. The molecule has 0 atom stereocenters. The molecular formula is C18H16F2N2O2. The number of nitrogens with zero attached hydrogens (tertiary/aromatic N) is 1. The van der Waals surface area contributed by atoms with Crippen molar-refractivity contribution in [1.82, 2.24) is 4.90 Å². The Morgan fingerprint density at radius 1 is 1.08 bits per heavy atom. The van der Waals surface area contributed by atoms with Gasteiger partial charge in [-0.1, -0.05) is 12.1 Å². The lowest BCUT2D eigenvalue weighted by atomic mass is 9.97. The minimum absolute atomic E-state index is 0.0754. The van der Waals surface area contributed by atoms with Crippen LogP contribution in [0.15, 0.2) is 42.5 Å². The van der Waals surface area contributed by atoms with Crippen LogP contribution in [0.3, 0.4) is 0 Å². The number of rotatable bonds is 3. The first-order chi connectivity index (χ1) is 11.4. The Balaban J connectivity index is 1.57. The number of carbonyl (C=O) groups excluding carboxylic acids is 2. The highest BCUT2D eigenvalue weighted by molar-refractivity contribution is 5.98. The van der Waals surface area contributed by atoms with Gasteiger partial charge in [0, 0.05) is 24.3 Å². The van der Waals surface area contributed by atoms with Crippen LogP contribution in [-0.4, -0.2) is 29.8 Å². The quantitative estimate of drug-likeness (QED) is 0.940. The van der Waals surface area contributed by atoms with Crippen LogP contribution >= 0.6 is 0 Å². The van der Waals surface area contributed by atoms with Crippen LogP contribution in [0.4, 0.5) is 14.5 Å². The standard InChI is InChI=1S/C18H16F2N2O2/c1-11-3-2-4-14(7-11)21-17(23)13-9-22(10-13)18(24)12-5-6-15(19)16(20)8-12/h2-8,13H,9-10H2,1H3,(H,21,23). The third-order valence-electron chi connectivity index (χ3n) is 3.99. The van der Waals surface area contributed by atoms with Gasteiger partial charge in [-0.2, -0.15) is 0 Å². The van der Waals surface area contributed by atoms with E-state index in [-0.39, 0.29) is 30.5 Å². The molecule has 1 heterocycles. The first-order valence-electron chi connectivity index (χ1n) is 7.56. The predicted octanol–water partition coefficient (Wildman–Crippen LogP) is 2.98. The van der Waals surface area contributed by atoms with Crippen molar-refractivity contribution in [2.45, 2.75) is 6.92 Å². The molecule has 1 N–H and O–H groups in total. The van der Waals surface area contributed by atoms with Gasteiger partial charge in [0.25, 0.3) is 5.91 Å². The van der Waals surface area contributed by atoms with Gasteiger partial charge in [-0.05, 0) is 42.8 Å². The minimum atomic E-state index is -1.06. The molecule has 0 unspecified atom stereocenters. The molecule has 124 valence electrons. The number of nitrogens with one attached hydrogen (secondary N) is 1. The van der Waals surface area contributed by atoms with Crippen molar-refractivity contribution in [3.63, 3.8) is 0 Å². The van der Waals surface area contributed by atoms with Crippen molar-refractivity contribution >= 4 is 17.5 Å². The molecular weight excluding hydrogens is 314 g/mol. The average Bonchev–Trinajstić information content (AvgIpc) is 2.48. The van der Waals surface area contributed by atoms with E-state index in [1.54, 1.807) is 6.07 Å². The van der Waals surface area contributed by atoms with Crippen molar-refractivity contribution in [2.24, 2.45) is 5.92 Å². The number of anilines is 1. The number of hydrogen-bond acceptors (Lipinski definition) is 2. The summed E-state index contributed by atoms with van der Waals surface area (Å²) in [5.41, 5.74) is 1.83. The third-order valence-corrected chi connectivity index (χ3v) is 3.99. The minimum Gasteiger partial charge on any atom is -0.337 e. The number of hydrogen-bond donors (Lipinski definition) is 1. The molecule has 0 bridgehead atoms. The highest BCUT2D eigenvalue weighted by atomic mass is 19.2. The van der Waals surface area contributed by atoms with Crippen LogP contribution < -0.4 is 5.32 Å². The van der Waals surface area contributed by atoms with Crippen molar-refractivity contribution < 1.29 is 18.4 Å². The van der Waals surface area contributed by atoms with Crippen LogP contribution in [0.5, 0.6) is 0 Å². The summed E-state index contributed by atoms with van der Waals surface area (Å²) in [5.74, 6) is -2.93. The second-order valence-corrected chi connectivity index (χ2v) is 5.89. The molecule has 2 aromatic rings. The summed E-state index contributed by atoms with van der Waals surface area (Å²) in [4.78, 5) is 25.8. The first kappa shape index (κ1) is 16.1. The van der Waals surface area contributed by atoms with Crippen LogP contribution in [0.25, 0.3) is 0 Å². The van der Waals surface area contributed by atoms with E-state index in [9.17, 15) is 18.4 Å². The van der Waals surface area contributed by atoms with Gasteiger partial charge in [-0.25, -0.2) is 8.78 Å². The molecule has 6 heteroatoms. The zero-order valence-corrected chi connectivity index (χ0v) is 13.1. The number of carbonyl (C=O) groups is 2. The lowest BCUT2D eigenvalue weighted by molar-refractivity contribution is -0.123. The van der Waals surface area contributed by atoms with Crippen LogP contribution in [0.2, 0.25) is 0 Å². The monoisotopic (exact) mass is 330 g/mol. The van der Waals surface area contributed by atoms with Crippen molar-refractivity contribution in [2.75, 3.05) is 18.4 Å². The molecule has 3 rings (SSSR count). The smallest absolute Gasteiger partial charge is 0.254 e. The Morgan fingerprint density at radius 2 is 1.83 bits per heavy atom. The van der Waals surface area contributed by atoms with Gasteiger partial charge >= 0.3 is 0 Å². The summed E-state index contributed by atoms with van der Waals surface area (Å²) < 4.78 is 26.1.